The molecule has 3 amide bonds. The average Bonchev–Trinajstić information content (AvgIpc) is 3.73. The number of nitrogens with two attached hydrogens (primary N) is 1. The molecule has 1 saturated carbocycles. The number of fused-ring (bicyclic) bond motifs is 1. The zero-order chi connectivity index (χ0) is 29.9. The number of alkyl halides is 5. The number of primary amides is 1. The van der Waals surface area contributed by atoms with Gasteiger partial charge in [-0.05, 0) is 38.2 Å². The number of carbonyl (C=O) groups is 3. The van der Waals surface area contributed by atoms with E-state index in [0.717, 1.165) is 12.8 Å². The Morgan fingerprint density at radius 1 is 1.02 bits per heavy atom. The number of benzene rings is 2. The van der Waals surface area contributed by atoms with Crippen LogP contribution in [0.15, 0.2) is 59.6 Å². The number of benzodiazepines with no additional fused rings is 1. The maximum Gasteiger partial charge on any atom is 0.389 e. The summed E-state index contributed by atoms with van der Waals surface area (Å²) in [6.45, 7) is 0.823. The number of rotatable bonds is 11. The molecule has 0 spiro atoms. The predicted molar refractivity (Wildman–Crippen MR) is 142 cm³/mol. The van der Waals surface area contributed by atoms with Gasteiger partial charge in [-0.2, -0.15) is 13.2 Å². The second kappa shape index (κ2) is 12.0. The van der Waals surface area contributed by atoms with Gasteiger partial charge in [0.15, 0.2) is 0 Å². The number of nitrogens with zero attached hydrogens (tertiary/aromatic N) is 2. The van der Waals surface area contributed by atoms with Crippen molar-refractivity contribution in [2.24, 2.45) is 28.5 Å². The summed E-state index contributed by atoms with van der Waals surface area (Å²) in [7, 11) is 0. The topological polar surface area (TPSA) is 105 Å². The van der Waals surface area contributed by atoms with E-state index in [2.05, 4.69) is 10.3 Å². The Bertz CT molecular complexity index is 1310. The summed E-state index contributed by atoms with van der Waals surface area (Å²) in [6.07, 6.45) is -8.22. The van der Waals surface area contributed by atoms with Gasteiger partial charge in [-0.3, -0.25) is 14.4 Å². The molecule has 3 atom stereocenters. The molecule has 0 radical (unpaired) electrons. The fourth-order valence-electron chi connectivity index (χ4n) is 5.00. The first-order valence-corrected chi connectivity index (χ1v) is 13.3. The first kappa shape index (κ1) is 30.1. The number of carbonyl (C=O) groups excluding carboxylic acids is 3. The number of para-hydroxylation sites is 1. The zero-order valence-corrected chi connectivity index (χ0v) is 22.3. The summed E-state index contributed by atoms with van der Waals surface area (Å²) in [5, 5.41) is 2.39. The fourth-order valence-corrected chi connectivity index (χ4v) is 5.00. The Balaban J connectivity index is 1.75. The summed E-state index contributed by atoms with van der Waals surface area (Å²) in [6, 6.07) is 15.9. The Morgan fingerprint density at radius 3 is 2.24 bits per heavy atom. The molecule has 3 N–H and O–H groups in total. The van der Waals surface area contributed by atoms with Crippen LogP contribution in [0.4, 0.5) is 27.6 Å². The number of hydrogen-bond donors (Lipinski definition) is 2. The van der Waals surface area contributed by atoms with E-state index in [9.17, 15) is 36.3 Å². The minimum Gasteiger partial charge on any atom is -0.369 e. The first-order chi connectivity index (χ1) is 19.2. The van der Waals surface area contributed by atoms with Gasteiger partial charge in [-0.25, -0.2) is 13.8 Å². The van der Waals surface area contributed by atoms with Crippen LogP contribution in [0.1, 0.15) is 50.2 Å². The first-order valence-electron chi connectivity index (χ1n) is 13.3. The van der Waals surface area contributed by atoms with Crippen molar-refractivity contribution in [1.29, 1.82) is 0 Å². The summed E-state index contributed by atoms with van der Waals surface area (Å²) in [5.74, 6) is -10.2. The van der Waals surface area contributed by atoms with E-state index < -0.39 is 67.1 Å². The molecule has 12 heteroatoms. The Morgan fingerprint density at radius 2 is 1.66 bits per heavy atom. The molecular weight excluding hydrogens is 547 g/mol. The number of nitrogens with one attached hydrogen (secondary N) is 1. The number of halogens is 5. The summed E-state index contributed by atoms with van der Waals surface area (Å²) >= 11 is 0. The van der Waals surface area contributed by atoms with Gasteiger partial charge in [0.1, 0.15) is 0 Å². The zero-order valence-electron chi connectivity index (χ0n) is 22.3. The third kappa shape index (κ3) is 7.89. The standard InChI is InChI=1S/C29H31F5N4O3/c1-28(30,31)15-21(24(35)39)19(13-14-29(32,33)34)26(40)37-25-27(41)38(16-17-11-12-17)22-10-6-5-9-20(22)23(36-25)18-7-3-2-4-8-18/h2-10,17,19,21,25H,11-16H2,1H3,(H2,35,39)(H,37,40)/t19?,21?,25-/m1/s1. The molecule has 220 valence electrons. The lowest BCUT2D eigenvalue weighted by atomic mass is 9.83. The van der Waals surface area contributed by atoms with Crippen molar-refractivity contribution >= 4 is 29.1 Å². The van der Waals surface area contributed by atoms with E-state index in [1.165, 1.54) is 4.90 Å². The molecule has 0 aromatic heterocycles. The Labute approximate surface area is 234 Å². The third-order valence-corrected chi connectivity index (χ3v) is 7.18. The Hall–Kier alpha value is -3.83. The lowest BCUT2D eigenvalue weighted by Crippen LogP contribution is -2.51. The maximum atomic E-state index is 13.9. The molecule has 0 bridgehead atoms. The van der Waals surface area contributed by atoms with Gasteiger partial charge in [0.2, 0.25) is 23.9 Å². The van der Waals surface area contributed by atoms with Crippen LogP contribution in [0.5, 0.6) is 0 Å². The van der Waals surface area contributed by atoms with Crippen LogP contribution in [-0.2, 0) is 14.4 Å². The molecule has 1 aliphatic carbocycles. The molecule has 7 nitrogen and oxygen atoms in total. The monoisotopic (exact) mass is 578 g/mol. The number of amides is 3. The van der Waals surface area contributed by atoms with Gasteiger partial charge < -0.3 is 16.0 Å². The molecule has 1 heterocycles. The molecule has 1 aliphatic heterocycles. The van der Waals surface area contributed by atoms with Crippen molar-refractivity contribution in [3.05, 3.63) is 65.7 Å². The second-order valence-corrected chi connectivity index (χ2v) is 10.7. The highest BCUT2D eigenvalue weighted by molar-refractivity contribution is 6.20. The minimum atomic E-state index is -4.73. The van der Waals surface area contributed by atoms with Gasteiger partial charge in [-0.1, -0.05) is 48.5 Å². The fraction of sp³-hybridized carbons (Fsp3) is 0.448. The van der Waals surface area contributed by atoms with Crippen molar-refractivity contribution in [3.8, 4) is 0 Å². The molecule has 2 aromatic carbocycles. The van der Waals surface area contributed by atoms with E-state index in [0.29, 0.717) is 36.0 Å². The highest BCUT2D eigenvalue weighted by Gasteiger charge is 2.43. The molecule has 4 rings (SSSR count). The van der Waals surface area contributed by atoms with Crippen molar-refractivity contribution in [3.63, 3.8) is 0 Å². The van der Waals surface area contributed by atoms with Gasteiger partial charge in [-0.15, -0.1) is 0 Å². The summed E-state index contributed by atoms with van der Waals surface area (Å²) < 4.78 is 67.3. The highest BCUT2D eigenvalue weighted by atomic mass is 19.4. The van der Waals surface area contributed by atoms with Gasteiger partial charge >= 0.3 is 6.18 Å². The minimum absolute atomic E-state index is 0.229. The van der Waals surface area contributed by atoms with E-state index in [4.69, 9.17) is 5.73 Å². The third-order valence-electron chi connectivity index (χ3n) is 7.18. The number of hydrogen-bond acceptors (Lipinski definition) is 4. The normalized spacial score (nSPS) is 19.1. The van der Waals surface area contributed by atoms with Crippen LogP contribution in [0.3, 0.4) is 0 Å². The predicted octanol–water partition coefficient (Wildman–Crippen LogP) is 4.83. The second-order valence-electron chi connectivity index (χ2n) is 10.7. The smallest absolute Gasteiger partial charge is 0.369 e. The molecule has 0 saturated heterocycles. The molecule has 2 aliphatic rings. The van der Waals surface area contributed by atoms with E-state index in [1.807, 2.05) is 0 Å². The van der Waals surface area contributed by atoms with Crippen LogP contribution in [-0.4, -0.2) is 48.2 Å². The van der Waals surface area contributed by atoms with Crippen molar-refractivity contribution in [1.82, 2.24) is 5.32 Å². The van der Waals surface area contributed by atoms with Crippen LogP contribution >= 0.6 is 0 Å². The van der Waals surface area contributed by atoms with Gasteiger partial charge in [0.25, 0.3) is 5.91 Å². The summed E-state index contributed by atoms with van der Waals surface area (Å²) in [4.78, 5) is 45.6. The molecule has 41 heavy (non-hydrogen) atoms. The lowest BCUT2D eigenvalue weighted by Gasteiger charge is -2.29. The lowest BCUT2D eigenvalue weighted by molar-refractivity contribution is -0.148. The van der Waals surface area contributed by atoms with Crippen LogP contribution in [0, 0.1) is 17.8 Å². The van der Waals surface area contributed by atoms with E-state index in [1.54, 1.807) is 54.6 Å². The van der Waals surface area contributed by atoms with Gasteiger partial charge in [0, 0.05) is 30.5 Å². The maximum absolute atomic E-state index is 13.9. The van der Waals surface area contributed by atoms with Gasteiger partial charge in [0.05, 0.1) is 23.2 Å². The average molecular weight is 579 g/mol. The van der Waals surface area contributed by atoms with Crippen molar-refractivity contribution in [2.75, 3.05) is 11.4 Å². The number of anilines is 1. The summed E-state index contributed by atoms with van der Waals surface area (Å²) in [5.41, 5.74) is 7.45. The van der Waals surface area contributed by atoms with Crippen molar-refractivity contribution in [2.45, 2.75) is 57.3 Å². The highest BCUT2D eigenvalue weighted by Crippen LogP contribution is 2.36. The largest absolute Gasteiger partial charge is 0.389 e. The van der Waals surface area contributed by atoms with E-state index >= 15 is 0 Å². The van der Waals surface area contributed by atoms with Crippen LogP contribution in [0.2, 0.25) is 0 Å². The van der Waals surface area contributed by atoms with Crippen LogP contribution < -0.4 is 16.0 Å². The Kier molecular flexibility index (Phi) is 8.79. The number of aliphatic imine (C=N–C) groups is 1. The van der Waals surface area contributed by atoms with Crippen molar-refractivity contribution < 1.29 is 36.3 Å². The SMILES string of the molecule is CC(F)(F)CC(C(N)=O)C(CCC(F)(F)F)C(=O)N[C@H]1N=C(c2ccccc2)c2ccccc2N(CC2CC2)C1=O. The quantitative estimate of drug-likeness (QED) is 0.373. The van der Waals surface area contributed by atoms with Crippen LogP contribution in [0.25, 0.3) is 0 Å². The molecule has 2 unspecified atom stereocenters. The molecular formula is C29H31F5N4O3. The molecule has 1 fully saturated rings. The van der Waals surface area contributed by atoms with E-state index in [-0.39, 0.29) is 5.92 Å². The molecule has 2 aromatic rings.